The molecule has 24 heavy (non-hydrogen) atoms. The lowest BCUT2D eigenvalue weighted by molar-refractivity contribution is -0.239. The van der Waals surface area contributed by atoms with Crippen molar-refractivity contribution >= 4 is 11.6 Å². The van der Waals surface area contributed by atoms with E-state index in [-0.39, 0.29) is 12.5 Å². The number of carbonyl (C=O) groups is 1. The van der Waals surface area contributed by atoms with Gasteiger partial charge in [-0.05, 0) is 31.2 Å². The van der Waals surface area contributed by atoms with Crippen LogP contribution in [0.1, 0.15) is 30.1 Å². The molecule has 7 nitrogen and oxygen atoms in total. The number of anilines is 1. The number of rotatable bonds is 10. The van der Waals surface area contributed by atoms with Gasteiger partial charge in [-0.2, -0.15) is 0 Å². The molecule has 0 unspecified atom stereocenters. The smallest absolute Gasteiger partial charge is 0.251 e. The van der Waals surface area contributed by atoms with Gasteiger partial charge >= 0.3 is 0 Å². The highest BCUT2D eigenvalue weighted by molar-refractivity contribution is 5.94. The minimum Gasteiger partial charge on any atom is -0.399 e. The van der Waals surface area contributed by atoms with Crippen molar-refractivity contribution in [3.63, 3.8) is 0 Å². The summed E-state index contributed by atoms with van der Waals surface area (Å²) in [6, 6.07) is 6.69. The molecule has 0 saturated heterocycles. The zero-order valence-electron chi connectivity index (χ0n) is 15.0. The number of hydrogen-bond acceptors (Lipinski definition) is 6. The molecule has 0 atom stereocenters. The minimum atomic E-state index is -0.970. The number of hydrogen-bond donors (Lipinski definition) is 2. The molecule has 0 aromatic heterocycles. The fraction of sp³-hybridized carbons (Fsp3) is 0.588. The average Bonchev–Trinajstić information content (AvgIpc) is 2.62. The Hall–Kier alpha value is -1.67. The zero-order chi connectivity index (χ0) is 18.2. The van der Waals surface area contributed by atoms with Crippen LogP contribution in [0.15, 0.2) is 24.3 Å². The Balaban J connectivity index is 2.70. The van der Waals surface area contributed by atoms with E-state index in [1.54, 1.807) is 38.5 Å². The maximum Gasteiger partial charge on any atom is 0.251 e. The molecule has 0 aliphatic carbocycles. The molecule has 1 rings (SSSR count). The fourth-order valence-electron chi connectivity index (χ4n) is 2.18. The van der Waals surface area contributed by atoms with Gasteiger partial charge in [0, 0.05) is 52.5 Å². The molecule has 0 heterocycles. The molecule has 0 saturated carbocycles. The summed E-state index contributed by atoms with van der Waals surface area (Å²) < 4.78 is 21.7. The number of carbonyl (C=O) groups excluding carboxylic acids is 1. The highest BCUT2D eigenvalue weighted by Crippen LogP contribution is 2.25. The normalized spacial score (nSPS) is 12.2. The first-order chi connectivity index (χ1) is 11.3. The number of nitrogens with one attached hydrogen (secondary N) is 1. The Labute approximate surface area is 143 Å². The Kier molecular flexibility index (Phi) is 7.62. The van der Waals surface area contributed by atoms with Crippen molar-refractivity contribution in [2.45, 2.75) is 31.3 Å². The second-order valence-electron chi connectivity index (χ2n) is 5.67. The van der Waals surface area contributed by atoms with Crippen LogP contribution in [-0.4, -0.2) is 52.5 Å². The van der Waals surface area contributed by atoms with Gasteiger partial charge in [0.2, 0.25) is 0 Å². The molecular formula is C17H28N2O5. The van der Waals surface area contributed by atoms with Crippen molar-refractivity contribution in [3.05, 3.63) is 29.8 Å². The third-order valence-electron chi connectivity index (χ3n) is 4.26. The van der Waals surface area contributed by atoms with Crippen molar-refractivity contribution in [1.82, 2.24) is 5.32 Å². The molecule has 0 spiro atoms. The summed E-state index contributed by atoms with van der Waals surface area (Å²) in [7, 11) is 6.23. The van der Waals surface area contributed by atoms with Gasteiger partial charge in [0.1, 0.15) is 0 Å². The van der Waals surface area contributed by atoms with Crippen LogP contribution in [0.2, 0.25) is 0 Å². The van der Waals surface area contributed by atoms with E-state index in [1.165, 1.54) is 14.2 Å². The highest BCUT2D eigenvalue weighted by Gasteiger charge is 2.34. The van der Waals surface area contributed by atoms with Gasteiger partial charge in [0.05, 0.1) is 6.54 Å². The zero-order valence-corrected chi connectivity index (χ0v) is 15.0. The lowest BCUT2D eigenvalue weighted by atomic mass is 10.0. The number of nitrogen functional groups attached to an aromatic ring is 1. The fourth-order valence-corrected chi connectivity index (χ4v) is 2.18. The van der Waals surface area contributed by atoms with Crippen LogP contribution in [0.25, 0.3) is 0 Å². The maximum absolute atomic E-state index is 12.2. The van der Waals surface area contributed by atoms with Gasteiger partial charge in [-0.15, -0.1) is 0 Å². The first-order valence-electron chi connectivity index (χ1n) is 7.68. The summed E-state index contributed by atoms with van der Waals surface area (Å²) in [4.78, 5) is 12.2. The summed E-state index contributed by atoms with van der Waals surface area (Å²) in [6.07, 6.45) is 1.000. The van der Waals surface area contributed by atoms with Crippen molar-refractivity contribution in [3.8, 4) is 0 Å². The predicted molar refractivity (Wildman–Crippen MR) is 91.6 cm³/mol. The Morgan fingerprint density at radius 3 is 2.00 bits per heavy atom. The number of methoxy groups -OCH3 is 4. The molecular weight excluding hydrogens is 312 g/mol. The van der Waals surface area contributed by atoms with Crippen molar-refractivity contribution in [2.24, 2.45) is 0 Å². The lowest BCUT2D eigenvalue weighted by Gasteiger charge is -2.35. The van der Waals surface area contributed by atoms with Gasteiger partial charge in [-0.3, -0.25) is 4.79 Å². The van der Waals surface area contributed by atoms with E-state index in [1.807, 2.05) is 6.92 Å². The minimum absolute atomic E-state index is 0.187. The number of ether oxygens (including phenoxy) is 4. The molecule has 0 bridgehead atoms. The third kappa shape index (κ3) is 5.45. The van der Waals surface area contributed by atoms with E-state index in [4.69, 9.17) is 24.7 Å². The molecule has 0 radical (unpaired) electrons. The Bertz CT molecular complexity index is 510. The first-order valence-corrected chi connectivity index (χ1v) is 7.68. The molecule has 3 N–H and O–H groups in total. The summed E-state index contributed by atoms with van der Waals surface area (Å²) in [6.45, 7) is 2.02. The van der Waals surface area contributed by atoms with E-state index in [9.17, 15) is 4.79 Å². The Morgan fingerprint density at radius 1 is 1.00 bits per heavy atom. The highest BCUT2D eigenvalue weighted by atomic mass is 16.7. The second-order valence-corrected chi connectivity index (χ2v) is 5.67. The van der Waals surface area contributed by atoms with Crippen LogP contribution in [0, 0.1) is 0 Å². The van der Waals surface area contributed by atoms with Crippen molar-refractivity contribution in [2.75, 3.05) is 40.7 Å². The van der Waals surface area contributed by atoms with E-state index in [0.717, 1.165) is 0 Å². The second kappa shape index (κ2) is 8.98. The Morgan fingerprint density at radius 2 is 1.54 bits per heavy atom. The SMILES string of the molecule is COC(C)(CCC(CNC(=O)c1ccc(N)cc1)(OC)OC)OC. The van der Waals surface area contributed by atoms with Gasteiger partial charge < -0.3 is 30.0 Å². The lowest BCUT2D eigenvalue weighted by Crippen LogP contribution is -2.47. The van der Waals surface area contributed by atoms with Crippen LogP contribution < -0.4 is 11.1 Å². The molecule has 0 aliphatic rings. The average molecular weight is 340 g/mol. The van der Waals surface area contributed by atoms with Crippen LogP contribution in [-0.2, 0) is 18.9 Å². The quantitative estimate of drug-likeness (QED) is 0.498. The number of amides is 1. The number of benzene rings is 1. The van der Waals surface area contributed by atoms with Gasteiger partial charge in [0.15, 0.2) is 11.6 Å². The van der Waals surface area contributed by atoms with Gasteiger partial charge in [0.25, 0.3) is 5.91 Å². The summed E-state index contributed by atoms with van der Waals surface area (Å²) >= 11 is 0. The van der Waals surface area contributed by atoms with Crippen molar-refractivity contribution < 1.29 is 23.7 Å². The van der Waals surface area contributed by atoms with Crippen LogP contribution >= 0.6 is 0 Å². The molecule has 136 valence electrons. The standard InChI is InChI=1S/C17H28N2O5/c1-16(21-2,22-3)10-11-17(23-4,24-5)12-19-15(20)13-6-8-14(18)9-7-13/h6-9H,10-12,18H2,1-5H3,(H,19,20). The molecule has 1 amide bonds. The monoisotopic (exact) mass is 340 g/mol. The summed E-state index contributed by atoms with van der Waals surface area (Å²) in [5.74, 6) is -1.94. The van der Waals surface area contributed by atoms with E-state index in [0.29, 0.717) is 24.1 Å². The van der Waals surface area contributed by atoms with Crippen LogP contribution in [0.5, 0.6) is 0 Å². The topological polar surface area (TPSA) is 92.0 Å². The third-order valence-corrected chi connectivity index (χ3v) is 4.26. The van der Waals surface area contributed by atoms with Gasteiger partial charge in [-0.25, -0.2) is 0 Å². The van der Waals surface area contributed by atoms with E-state index >= 15 is 0 Å². The largest absolute Gasteiger partial charge is 0.399 e. The molecule has 0 fully saturated rings. The van der Waals surface area contributed by atoms with Crippen LogP contribution in [0.4, 0.5) is 5.69 Å². The molecule has 1 aromatic rings. The van der Waals surface area contributed by atoms with E-state index < -0.39 is 11.6 Å². The maximum atomic E-state index is 12.2. The molecule has 0 aliphatic heterocycles. The van der Waals surface area contributed by atoms with E-state index in [2.05, 4.69) is 5.32 Å². The molecule has 7 heteroatoms. The first kappa shape index (κ1) is 20.4. The molecule has 1 aromatic carbocycles. The van der Waals surface area contributed by atoms with Gasteiger partial charge in [-0.1, -0.05) is 0 Å². The summed E-state index contributed by atoms with van der Waals surface area (Å²) in [5.41, 5.74) is 6.75. The van der Waals surface area contributed by atoms with Crippen molar-refractivity contribution in [1.29, 1.82) is 0 Å². The van der Waals surface area contributed by atoms with Crippen LogP contribution in [0.3, 0.4) is 0 Å². The predicted octanol–water partition coefficient (Wildman–Crippen LogP) is 1.78. The number of nitrogens with two attached hydrogens (primary N) is 1. The summed E-state index contributed by atoms with van der Waals surface area (Å²) in [5, 5.41) is 2.82.